The van der Waals surface area contributed by atoms with Gasteiger partial charge in [-0.3, -0.25) is 9.59 Å². The van der Waals surface area contributed by atoms with Crippen molar-refractivity contribution in [1.29, 1.82) is 0 Å². The highest BCUT2D eigenvalue weighted by atomic mass is 16.5. The number of hydrogen-bond acceptors (Lipinski definition) is 4. The number of nitrogens with zero attached hydrogens (tertiary/aromatic N) is 1. The highest BCUT2D eigenvalue weighted by molar-refractivity contribution is 5.87. The first-order valence-corrected chi connectivity index (χ1v) is 6.81. The zero-order chi connectivity index (χ0) is 15.3. The molecule has 0 bridgehead atoms. The molecule has 1 heterocycles. The van der Waals surface area contributed by atoms with E-state index < -0.39 is 18.2 Å². The van der Waals surface area contributed by atoms with Crippen LogP contribution in [-0.2, 0) is 19.1 Å². The molecule has 2 amide bonds. The van der Waals surface area contributed by atoms with E-state index in [-0.39, 0.29) is 24.4 Å². The van der Waals surface area contributed by atoms with E-state index >= 15 is 0 Å². The van der Waals surface area contributed by atoms with Crippen LogP contribution in [-0.4, -0.2) is 59.1 Å². The molecule has 7 heteroatoms. The summed E-state index contributed by atoms with van der Waals surface area (Å²) in [5.41, 5.74) is 0. The molecule has 1 saturated heterocycles. The molecule has 114 valence electrons. The number of carboxylic acids is 1. The van der Waals surface area contributed by atoms with Crippen LogP contribution in [0.3, 0.4) is 0 Å². The van der Waals surface area contributed by atoms with Crippen molar-refractivity contribution in [3.05, 3.63) is 0 Å². The van der Waals surface area contributed by atoms with Crippen LogP contribution in [0.25, 0.3) is 0 Å². The van der Waals surface area contributed by atoms with Gasteiger partial charge in [-0.1, -0.05) is 0 Å². The molecule has 0 radical (unpaired) electrons. The van der Waals surface area contributed by atoms with E-state index in [0.717, 1.165) is 0 Å². The summed E-state index contributed by atoms with van der Waals surface area (Å²) in [5, 5.41) is 11.6. The molecule has 7 nitrogen and oxygen atoms in total. The normalized spacial score (nSPS) is 21.8. The quantitative estimate of drug-likeness (QED) is 0.716. The van der Waals surface area contributed by atoms with Gasteiger partial charge in [-0.25, -0.2) is 4.79 Å². The maximum atomic E-state index is 12.2. The number of ether oxygens (including phenoxy) is 1. The molecule has 0 aromatic heterocycles. The smallest absolute Gasteiger partial charge is 0.332 e. The number of nitrogens with one attached hydrogen (secondary N) is 1. The van der Waals surface area contributed by atoms with E-state index in [1.54, 1.807) is 6.92 Å². The van der Waals surface area contributed by atoms with Crippen LogP contribution in [0.15, 0.2) is 0 Å². The summed E-state index contributed by atoms with van der Waals surface area (Å²) in [7, 11) is 0. The van der Waals surface area contributed by atoms with E-state index in [0.29, 0.717) is 19.4 Å². The first-order valence-electron chi connectivity index (χ1n) is 6.81. The van der Waals surface area contributed by atoms with Gasteiger partial charge in [0.15, 0.2) is 6.10 Å². The highest BCUT2D eigenvalue weighted by Gasteiger charge is 2.36. The summed E-state index contributed by atoms with van der Waals surface area (Å²) in [6.07, 6.45) is -0.991. The van der Waals surface area contributed by atoms with E-state index in [4.69, 9.17) is 9.84 Å². The Labute approximate surface area is 118 Å². The number of aliphatic carboxylic acids is 1. The maximum absolute atomic E-state index is 12.2. The third-order valence-electron chi connectivity index (χ3n) is 3.05. The van der Waals surface area contributed by atoms with Crippen molar-refractivity contribution in [3.63, 3.8) is 0 Å². The van der Waals surface area contributed by atoms with Crippen LogP contribution >= 0.6 is 0 Å². The zero-order valence-corrected chi connectivity index (χ0v) is 12.1. The molecule has 20 heavy (non-hydrogen) atoms. The average Bonchev–Trinajstić information content (AvgIpc) is 2.83. The van der Waals surface area contributed by atoms with Crippen LogP contribution < -0.4 is 5.32 Å². The largest absolute Gasteiger partial charge is 0.479 e. The van der Waals surface area contributed by atoms with Crippen molar-refractivity contribution in [2.24, 2.45) is 0 Å². The Hall–Kier alpha value is -1.63. The van der Waals surface area contributed by atoms with Crippen molar-refractivity contribution in [3.8, 4) is 0 Å². The van der Waals surface area contributed by atoms with Gasteiger partial charge in [0.25, 0.3) is 5.91 Å². The predicted octanol–water partition coefficient (Wildman–Crippen LogP) is -0.00830. The first-order chi connectivity index (χ1) is 9.35. The molecule has 1 aliphatic heterocycles. The van der Waals surface area contributed by atoms with Gasteiger partial charge < -0.3 is 20.1 Å². The molecule has 2 atom stereocenters. The van der Waals surface area contributed by atoms with Crippen LogP contribution in [0.2, 0.25) is 0 Å². The second kappa shape index (κ2) is 7.23. The van der Waals surface area contributed by atoms with Crippen LogP contribution in [0.1, 0.15) is 33.6 Å². The lowest BCUT2D eigenvalue weighted by atomic mass is 10.2. The van der Waals surface area contributed by atoms with Gasteiger partial charge in [0.1, 0.15) is 6.10 Å². The maximum Gasteiger partial charge on any atom is 0.332 e. The topological polar surface area (TPSA) is 95.9 Å². The van der Waals surface area contributed by atoms with Gasteiger partial charge in [-0.15, -0.1) is 0 Å². The van der Waals surface area contributed by atoms with Crippen LogP contribution in [0.5, 0.6) is 0 Å². The lowest BCUT2D eigenvalue weighted by Gasteiger charge is -2.24. The first kappa shape index (κ1) is 16.4. The minimum Gasteiger partial charge on any atom is -0.479 e. The number of rotatable bonds is 6. The molecule has 0 aromatic carbocycles. The van der Waals surface area contributed by atoms with Crippen LogP contribution in [0, 0.1) is 0 Å². The van der Waals surface area contributed by atoms with E-state index in [2.05, 4.69) is 5.32 Å². The van der Waals surface area contributed by atoms with E-state index in [1.807, 2.05) is 13.8 Å². The molecule has 0 aliphatic carbocycles. The highest BCUT2D eigenvalue weighted by Crippen LogP contribution is 2.21. The Morgan fingerprint density at radius 2 is 1.90 bits per heavy atom. The Bertz CT molecular complexity index is 383. The average molecular weight is 286 g/mol. The SMILES string of the molecule is CCN(CC(=O)NC(C)C)C(=O)C1CCC(C(=O)O)O1. The summed E-state index contributed by atoms with van der Waals surface area (Å²) in [6, 6.07) is 0.00966. The van der Waals surface area contributed by atoms with Crippen molar-refractivity contribution >= 4 is 17.8 Å². The van der Waals surface area contributed by atoms with Gasteiger partial charge in [0, 0.05) is 12.6 Å². The van der Waals surface area contributed by atoms with Gasteiger partial charge in [-0.05, 0) is 33.6 Å². The summed E-state index contributed by atoms with van der Waals surface area (Å²) in [4.78, 5) is 36.0. The fourth-order valence-corrected chi connectivity index (χ4v) is 2.09. The lowest BCUT2D eigenvalue weighted by molar-refractivity contribution is -0.155. The van der Waals surface area contributed by atoms with E-state index in [1.165, 1.54) is 4.90 Å². The van der Waals surface area contributed by atoms with Crippen molar-refractivity contribution in [1.82, 2.24) is 10.2 Å². The predicted molar refractivity (Wildman–Crippen MR) is 71.1 cm³/mol. The third-order valence-corrected chi connectivity index (χ3v) is 3.05. The summed E-state index contributed by atoms with van der Waals surface area (Å²) >= 11 is 0. The molecular weight excluding hydrogens is 264 g/mol. The lowest BCUT2D eigenvalue weighted by Crippen LogP contribution is -2.46. The number of carbonyl (C=O) groups is 3. The summed E-state index contributed by atoms with van der Waals surface area (Å²) in [5.74, 6) is -1.61. The monoisotopic (exact) mass is 286 g/mol. The standard InChI is InChI=1S/C13H22N2O5/c1-4-15(7-11(16)14-8(2)3)12(17)9-5-6-10(20-9)13(18)19/h8-10H,4-7H2,1-3H3,(H,14,16)(H,18,19). The Morgan fingerprint density at radius 3 is 2.35 bits per heavy atom. The molecule has 0 spiro atoms. The van der Waals surface area contributed by atoms with Gasteiger partial charge in [-0.2, -0.15) is 0 Å². The zero-order valence-electron chi connectivity index (χ0n) is 12.1. The molecule has 2 N–H and O–H groups in total. The van der Waals surface area contributed by atoms with Crippen LogP contribution in [0.4, 0.5) is 0 Å². The molecular formula is C13H22N2O5. The third kappa shape index (κ3) is 4.48. The number of likely N-dealkylation sites (N-methyl/N-ethyl adjacent to an activating group) is 1. The number of carboxylic acid groups (broad SMARTS) is 1. The molecule has 0 saturated carbocycles. The van der Waals surface area contributed by atoms with Gasteiger partial charge >= 0.3 is 5.97 Å². The molecule has 1 aliphatic rings. The Kier molecular flexibility index (Phi) is 5.94. The molecule has 0 aromatic rings. The van der Waals surface area contributed by atoms with Crippen molar-refractivity contribution < 1.29 is 24.2 Å². The van der Waals surface area contributed by atoms with Crippen molar-refractivity contribution in [2.75, 3.05) is 13.1 Å². The Balaban J connectivity index is 2.55. The summed E-state index contributed by atoms with van der Waals surface area (Å²) < 4.78 is 5.21. The van der Waals surface area contributed by atoms with Crippen molar-refractivity contribution in [2.45, 2.75) is 51.9 Å². The number of hydrogen-bond donors (Lipinski definition) is 2. The molecule has 1 fully saturated rings. The minimum atomic E-state index is -1.05. The molecule has 1 rings (SSSR count). The minimum absolute atomic E-state index is 0.00966. The van der Waals surface area contributed by atoms with Gasteiger partial charge in [0.2, 0.25) is 5.91 Å². The Morgan fingerprint density at radius 1 is 1.30 bits per heavy atom. The van der Waals surface area contributed by atoms with Gasteiger partial charge in [0.05, 0.1) is 6.54 Å². The fourth-order valence-electron chi connectivity index (χ4n) is 2.09. The second-order valence-electron chi connectivity index (χ2n) is 5.10. The van der Waals surface area contributed by atoms with E-state index in [9.17, 15) is 14.4 Å². The number of carbonyl (C=O) groups excluding carboxylic acids is 2. The second-order valence-corrected chi connectivity index (χ2v) is 5.10. The number of amides is 2. The fraction of sp³-hybridized carbons (Fsp3) is 0.769. The summed E-state index contributed by atoms with van der Waals surface area (Å²) in [6.45, 7) is 5.79. The molecule has 2 unspecified atom stereocenters.